The molecule has 1 aliphatic rings. The van der Waals surface area contributed by atoms with Crippen LogP contribution in [-0.4, -0.2) is 53.9 Å². The fourth-order valence-corrected chi connectivity index (χ4v) is 2.60. The molecule has 0 saturated carbocycles. The van der Waals surface area contributed by atoms with Gasteiger partial charge in [-0.15, -0.1) is 0 Å². The number of rotatable bonds is 5. The van der Waals surface area contributed by atoms with Crippen LogP contribution in [0.1, 0.15) is 13.3 Å². The van der Waals surface area contributed by atoms with Crippen molar-refractivity contribution in [1.82, 2.24) is 10.2 Å². The lowest BCUT2D eigenvalue weighted by atomic mass is 10.2. The van der Waals surface area contributed by atoms with Crippen LogP contribution in [0, 0.1) is 0 Å². The molecule has 1 fully saturated rings. The normalized spacial score (nSPS) is 20.4. The van der Waals surface area contributed by atoms with Crippen LogP contribution in [0.25, 0.3) is 0 Å². The molecule has 1 unspecified atom stereocenters. The number of nitrogens with one attached hydrogen (secondary N) is 1. The van der Waals surface area contributed by atoms with Gasteiger partial charge < -0.3 is 16.0 Å². The summed E-state index contributed by atoms with van der Waals surface area (Å²) in [7, 11) is 0. The van der Waals surface area contributed by atoms with Crippen LogP contribution < -0.4 is 11.1 Å². The minimum atomic E-state index is -0.457. The molecule has 0 radical (unpaired) electrons. The number of thioether (sulfide) groups is 1. The molecule has 1 rings (SSSR count). The van der Waals surface area contributed by atoms with Gasteiger partial charge in [0, 0.05) is 37.1 Å². The van der Waals surface area contributed by atoms with Gasteiger partial charge in [-0.2, -0.15) is 11.8 Å². The minimum absolute atomic E-state index is 0.00120. The Morgan fingerprint density at radius 2 is 2.31 bits per heavy atom. The number of carbonyl (C=O) groups is 2. The van der Waals surface area contributed by atoms with Gasteiger partial charge in [0.15, 0.2) is 0 Å². The van der Waals surface area contributed by atoms with Crippen molar-refractivity contribution in [3.63, 3.8) is 0 Å². The minimum Gasteiger partial charge on any atom is -0.368 e. The van der Waals surface area contributed by atoms with E-state index in [9.17, 15) is 9.59 Å². The van der Waals surface area contributed by atoms with E-state index in [1.807, 2.05) is 18.7 Å². The highest BCUT2D eigenvalue weighted by Gasteiger charge is 2.20. The van der Waals surface area contributed by atoms with Gasteiger partial charge in [0.2, 0.25) is 11.8 Å². The van der Waals surface area contributed by atoms with Crippen molar-refractivity contribution in [2.75, 3.05) is 31.1 Å². The van der Waals surface area contributed by atoms with Crippen molar-refractivity contribution in [3.05, 3.63) is 0 Å². The first kappa shape index (κ1) is 13.3. The summed E-state index contributed by atoms with van der Waals surface area (Å²) >= 11 is 1.85. The lowest BCUT2D eigenvalue weighted by Crippen LogP contribution is -2.44. The van der Waals surface area contributed by atoms with E-state index in [4.69, 9.17) is 5.73 Å². The van der Waals surface area contributed by atoms with E-state index in [2.05, 4.69) is 5.32 Å². The lowest BCUT2D eigenvalue weighted by Gasteiger charge is -2.26. The molecule has 1 heterocycles. The zero-order valence-corrected chi connectivity index (χ0v) is 10.4. The Kier molecular flexibility index (Phi) is 5.62. The second-order valence-corrected chi connectivity index (χ2v) is 4.95. The SMILES string of the molecule is CCN(CC(N)=O)C(=O)CC1CSCCN1. The smallest absolute Gasteiger partial charge is 0.237 e. The Morgan fingerprint density at radius 3 is 2.81 bits per heavy atom. The Bertz CT molecular complexity index is 254. The molecule has 0 spiro atoms. The first-order valence-corrected chi connectivity index (χ1v) is 6.66. The molecule has 0 aromatic heterocycles. The van der Waals surface area contributed by atoms with Gasteiger partial charge >= 0.3 is 0 Å². The van der Waals surface area contributed by atoms with Crippen LogP contribution in [0.3, 0.4) is 0 Å². The summed E-state index contributed by atoms with van der Waals surface area (Å²) in [6.45, 7) is 3.35. The molecule has 0 bridgehead atoms. The number of amides is 2. The zero-order chi connectivity index (χ0) is 12.0. The van der Waals surface area contributed by atoms with E-state index in [-0.39, 0.29) is 18.5 Å². The molecule has 0 aromatic carbocycles. The van der Waals surface area contributed by atoms with Crippen LogP contribution in [-0.2, 0) is 9.59 Å². The van der Waals surface area contributed by atoms with Crippen molar-refractivity contribution in [1.29, 1.82) is 0 Å². The molecule has 1 saturated heterocycles. The Morgan fingerprint density at radius 1 is 1.56 bits per heavy atom. The van der Waals surface area contributed by atoms with Gasteiger partial charge in [0.25, 0.3) is 0 Å². The molecule has 6 heteroatoms. The average Bonchev–Trinajstić information content (AvgIpc) is 2.26. The maximum absolute atomic E-state index is 11.8. The molecular weight excluding hydrogens is 226 g/mol. The Hall–Kier alpha value is -0.750. The molecule has 3 N–H and O–H groups in total. The van der Waals surface area contributed by atoms with Crippen LogP contribution >= 0.6 is 11.8 Å². The van der Waals surface area contributed by atoms with E-state index >= 15 is 0 Å². The zero-order valence-electron chi connectivity index (χ0n) is 9.57. The fraction of sp³-hybridized carbons (Fsp3) is 0.800. The number of hydrogen-bond acceptors (Lipinski definition) is 4. The van der Waals surface area contributed by atoms with Gasteiger partial charge in [-0.25, -0.2) is 0 Å². The summed E-state index contributed by atoms with van der Waals surface area (Å²) in [4.78, 5) is 24.1. The highest BCUT2D eigenvalue weighted by molar-refractivity contribution is 7.99. The summed E-state index contributed by atoms with van der Waals surface area (Å²) in [5.74, 6) is 1.60. The van der Waals surface area contributed by atoms with Crippen LogP contribution in [0.2, 0.25) is 0 Å². The molecule has 0 aromatic rings. The van der Waals surface area contributed by atoms with Crippen molar-refractivity contribution in [3.8, 4) is 0 Å². The summed E-state index contributed by atoms with van der Waals surface area (Å²) in [6, 6.07) is 0.230. The van der Waals surface area contributed by atoms with E-state index in [1.54, 1.807) is 0 Å². The second-order valence-electron chi connectivity index (χ2n) is 3.80. The molecule has 92 valence electrons. The molecule has 16 heavy (non-hydrogen) atoms. The number of likely N-dealkylation sites (N-methyl/N-ethyl adjacent to an activating group) is 1. The van der Waals surface area contributed by atoms with Gasteiger partial charge in [-0.3, -0.25) is 9.59 Å². The molecule has 5 nitrogen and oxygen atoms in total. The first-order valence-electron chi connectivity index (χ1n) is 5.50. The first-order chi connectivity index (χ1) is 7.63. The molecule has 1 atom stereocenters. The maximum atomic E-state index is 11.8. The van der Waals surface area contributed by atoms with Gasteiger partial charge in [-0.1, -0.05) is 0 Å². The summed E-state index contributed by atoms with van der Waals surface area (Å²) in [6.07, 6.45) is 0.452. The van der Waals surface area contributed by atoms with E-state index in [0.717, 1.165) is 18.1 Å². The van der Waals surface area contributed by atoms with Crippen molar-refractivity contribution in [2.24, 2.45) is 5.73 Å². The van der Waals surface area contributed by atoms with Crippen molar-refractivity contribution in [2.45, 2.75) is 19.4 Å². The van der Waals surface area contributed by atoms with Gasteiger partial charge in [0.05, 0.1) is 6.54 Å². The summed E-state index contributed by atoms with van der Waals surface area (Å²) in [5, 5.41) is 3.30. The quantitative estimate of drug-likeness (QED) is 0.679. The van der Waals surface area contributed by atoms with E-state index in [1.165, 1.54) is 4.90 Å². The van der Waals surface area contributed by atoms with E-state index < -0.39 is 5.91 Å². The standard InChI is InChI=1S/C10H19N3O2S/c1-2-13(6-9(11)14)10(15)5-8-7-16-4-3-12-8/h8,12H,2-7H2,1H3,(H2,11,14). The van der Waals surface area contributed by atoms with Gasteiger partial charge in [0.1, 0.15) is 0 Å². The molecular formula is C10H19N3O2S. The predicted octanol–water partition coefficient (Wildman–Crippen LogP) is -0.585. The maximum Gasteiger partial charge on any atom is 0.237 e. The molecule has 0 aliphatic carbocycles. The third-order valence-electron chi connectivity index (χ3n) is 2.50. The Balaban J connectivity index is 2.38. The van der Waals surface area contributed by atoms with Crippen molar-refractivity contribution >= 4 is 23.6 Å². The number of primary amides is 1. The third kappa shape index (κ3) is 4.40. The topological polar surface area (TPSA) is 75.4 Å². The Labute approximate surface area is 100 Å². The number of nitrogens with two attached hydrogens (primary N) is 1. The van der Waals surface area contributed by atoms with Crippen LogP contribution in [0.4, 0.5) is 0 Å². The predicted molar refractivity (Wildman–Crippen MR) is 65.2 cm³/mol. The number of carbonyl (C=O) groups excluding carboxylic acids is 2. The fourth-order valence-electron chi connectivity index (χ4n) is 1.66. The number of hydrogen-bond donors (Lipinski definition) is 2. The van der Waals surface area contributed by atoms with Gasteiger partial charge in [-0.05, 0) is 6.92 Å². The summed E-state index contributed by atoms with van der Waals surface area (Å²) < 4.78 is 0. The summed E-state index contributed by atoms with van der Waals surface area (Å²) in [5.41, 5.74) is 5.09. The highest BCUT2D eigenvalue weighted by atomic mass is 32.2. The monoisotopic (exact) mass is 245 g/mol. The average molecular weight is 245 g/mol. The second kappa shape index (κ2) is 6.75. The third-order valence-corrected chi connectivity index (χ3v) is 3.63. The molecule has 1 aliphatic heterocycles. The lowest BCUT2D eigenvalue weighted by molar-refractivity contribution is -0.135. The van der Waals surface area contributed by atoms with Crippen LogP contribution in [0.5, 0.6) is 0 Å². The number of nitrogens with zero attached hydrogens (tertiary/aromatic N) is 1. The van der Waals surface area contributed by atoms with Crippen molar-refractivity contribution < 1.29 is 9.59 Å². The van der Waals surface area contributed by atoms with Crippen LogP contribution in [0.15, 0.2) is 0 Å². The van der Waals surface area contributed by atoms with E-state index in [0.29, 0.717) is 13.0 Å². The highest BCUT2D eigenvalue weighted by Crippen LogP contribution is 2.11. The molecule has 2 amide bonds. The largest absolute Gasteiger partial charge is 0.368 e.